The van der Waals surface area contributed by atoms with Crippen molar-refractivity contribution in [3.05, 3.63) is 32.2 Å². The van der Waals surface area contributed by atoms with E-state index in [2.05, 4.69) is 31.9 Å². The monoisotopic (exact) mass is 1320 g/mol. The summed E-state index contributed by atoms with van der Waals surface area (Å²) in [7, 11) is 3.27. The Balaban J connectivity index is 1.83. The van der Waals surface area contributed by atoms with Crippen molar-refractivity contribution in [2.45, 2.75) is 0 Å². The molecule has 26 nitrogen and oxygen atoms in total. The van der Waals surface area contributed by atoms with E-state index in [1.165, 1.54) is 12.1 Å². The molecule has 0 saturated heterocycles. The summed E-state index contributed by atoms with van der Waals surface area (Å²) in [5.41, 5.74) is 0.459. The third-order valence-corrected chi connectivity index (χ3v) is 11.3. The molecule has 1 rings (SSSR count). The molecule has 0 aliphatic rings. The lowest BCUT2D eigenvalue weighted by Crippen LogP contribution is -2.16. The summed E-state index contributed by atoms with van der Waals surface area (Å²) >= 11 is 6.71. The first kappa shape index (κ1) is 78.3. The quantitative estimate of drug-likeness (QED) is 0.0670. The molecule has 0 unspecified atom stereocenters. The molecule has 0 saturated carbocycles. The zero-order valence-electron chi connectivity index (χ0n) is 48.6. The van der Waals surface area contributed by atoms with Crippen LogP contribution in [-0.4, -0.2) is 317 Å². The highest BCUT2D eigenvalue weighted by atomic mass is 79.9. The Morgan fingerprint density at radius 1 is 0.232 bits per heavy atom. The Bertz CT molecular complexity index is 1410. The molecule has 0 atom stereocenters. The van der Waals surface area contributed by atoms with Crippen LogP contribution in [0.5, 0.6) is 0 Å². The Morgan fingerprint density at radius 2 is 0.354 bits per heavy atom. The molecular formula is C54H96Br2O26. The summed E-state index contributed by atoms with van der Waals surface area (Å²) in [6.45, 7) is 19.2. The van der Waals surface area contributed by atoms with E-state index in [1.54, 1.807) is 14.2 Å². The molecular weight excluding hydrogens is 1220 g/mol. The van der Waals surface area contributed by atoms with E-state index in [1.807, 2.05) is 0 Å². The number of carbonyl (C=O) groups excluding carboxylic acids is 2. The Labute approximate surface area is 502 Å². The number of esters is 2. The minimum atomic E-state index is -0.586. The molecule has 0 bridgehead atoms. The second kappa shape index (κ2) is 65.2. The van der Waals surface area contributed by atoms with Crippen LogP contribution in [0.15, 0.2) is 21.1 Å². The number of hydrogen-bond donors (Lipinski definition) is 0. The van der Waals surface area contributed by atoms with Crippen molar-refractivity contribution < 1.29 is 123 Å². The first-order valence-electron chi connectivity index (χ1n) is 27.9. The molecule has 0 N–H and O–H groups in total. The van der Waals surface area contributed by atoms with Crippen molar-refractivity contribution in [3.8, 4) is 0 Å². The molecule has 0 spiro atoms. The van der Waals surface area contributed by atoms with Crippen LogP contribution in [0.2, 0.25) is 0 Å². The van der Waals surface area contributed by atoms with Crippen LogP contribution in [0.4, 0.5) is 0 Å². The lowest BCUT2D eigenvalue weighted by Gasteiger charge is -2.11. The number of carbonyl (C=O) groups is 2. The van der Waals surface area contributed by atoms with E-state index in [0.29, 0.717) is 273 Å². The number of benzene rings is 1. The van der Waals surface area contributed by atoms with Crippen molar-refractivity contribution >= 4 is 43.8 Å². The first-order chi connectivity index (χ1) is 40.5. The minimum Gasteiger partial charge on any atom is -0.460 e. The fraction of sp³-hybridized carbons (Fsp3) is 0.852. The fourth-order valence-corrected chi connectivity index (χ4v) is 6.86. The fourth-order valence-electron chi connectivity index (χ4n) is 5.85. The average Bonchev–Trinajstić information content (AvgIpc) is 3.59. The van der Waals surface area contributed by atoms with Gasteiger partial charge in [-0.15, -0.1) is 0 Å². The smallest absolute Gasteiger partial charge is 0.339 e. The lowest BCUT2D eigenvalue weighted by molar-refractivity contribution is -0.0277. The van der Waals surface area contributed by atoms with Gasteiger partial charge in [-0.05, 0) is 44.0 Å². The van der Waals surface area contributed by atoms with Gasteiger partial charge in [0.25, 0.3) is 0 Å². The van der Waals surface area contributed by atoms with Crippen molar-refractivity contribution in [3.63, 3.8) is 0 Å². The molecule has 0 radical (unpaired) electrons. The van der Waals surface area contributed by atoms with Gasteiger partial charge in [-0.1, -0.05) is 0 Å². The second-order valence-electron chi connectivity index (χ2n) is 16.3. The molecule has 0 amide bonds. The van der Waals surface area contributed by atoms with Gasteiger partial charge in [-0.2, -0.15) is 0 Å². The van der Waals surface area contributed by atoms with E-state index in [0.717, 1.165) is 0 Å². The summed E-state index contributed by atoms with van der Waals surface area (Å²) in [6, 6.07) is 2.98. The highest BCUT2D eigenvalue weighted by Gasteiger charge is 2.19. The normalized spacial score (nSPS) is 11.6. The van der Waals surface area contributed by atoms with Crippen LogP contribution in [-0.2, 0) is 114 Å². The van der Waals surface area contributed by atoms with Gasteiger partial charge in [-0.3, -0.25) is 0 Å². The largest absolute Gasteiger partial charge is 0.460 e. The molecule has 1 aromatic rings. The van der Waals surface area contributed by atoms with Crippen molar-refractivity contribution in [1.82, 2.24) is 0 Å². The Hall–Kier alpha value is -1.76. The molecule has 28 heteroatoms. The molecule has 82 heavy (non-hydrogen) atoms. The van der Waals surface area contributed by atoms with Gasteiger partial charge in [0.05, 0.1) is 289 Å². The number of hydrogen-bond acceptors (Lipinski definition) is 26. The summed E-state index contributed by atoms with van der Waals surface area (Å²) in [4.78, 5) is 25.4. The minimum absolute atomic E-state index is 0.0286. The third kappa shape index (κ3) is 54.9. The molecule has 482 valence electrons. The molecule has 0 fully saturated rings. The zero-order chi connectivity index (χ0) is 59.0. The van der Waals surface area contributed by atoms with E-state index in [9.17, 15) is 9.59 Å². The number of halogens is 2. The zero-order valence-corrected chi connectivity index (χ0v) is 51.8. The average molecular weight is 1320 g/mol. The first-order valence-corrected chi connectivity index (χ1v) is 29.5. The third-order valence-electron chi connectivity index (χ3n) is 9.98. The van der Waals surface area contributed by atoms with Gasteiger partial charge in [0.2, 0.25) is 0 Å². The van der Waals surface area contributed by atoms with E-state index in [4.69, 9.17) is 114 Å². The van der Waals surface area contributed by atoms with Gasteiger partial charge in [0.15, 0.2) is 0 Å². The maximum atomic E-state index is 12.7. The van der Waals surface area contributed by atoms with Crippen LogP contribution in [0.25, 0.3) is 0 Å². The van der Waals surface area contributed by atoms with Gasteiger partial charge in [0.1, 0.15) is 13.2 Å². The summed E-state index contributed by atoms with van der Waals surface area (Å²) in [5, 5.41) is 0. The Morgan fingerprint density at radius 3 is 0.488 bits per heavy atom. The SMILES string of the molecule is COCCOCCOCCOCCOCCOCCOCCOCCOCCOCCOCCOC(=O)c1cc(Br)c(C(=O)OCCOCCOCCOCCOCCOCCOCCOCCOCCOCCOCCOC)cc1Br. The van der Waals surface area contributed by atoms with E-state index in [-0.39, 0.29) is 37.6 Å². The number of rotatable bonds is 68. The van der Waals surface area contributed by atoms with Crippen molar-refractivity contribution in [2.24, 2.45) is 0 Å². The van der Waals surface area contributed by atoms with Crippen LogP contribution in [0.1, 0.15) is 20.7 Å². The maximum absolute atomic E-state index is 12.7. The number of ether oxygens (including phenoxy) is 24. The number of methoxy groups -OCH3 is 2. The summed E-state index contributed by atoms with van der Waals surface area (Å²) in [6.07, 6.45) is 0. The van der Waals surface area contributed by atoms with Crippen molar-refractivity contribution in [2.75, 3.05) is 305 Å². The van der Waals surface area contributed by atoms with E-state index >= 15 is 0 Å². The lowest BCUT2D eigenvalue weighted by atomic mass is 10.1. The predicted octanol–water partition coefficient (Wildman–Crippen LogP) is 3.15. The molecule has 1 aromatic carbocycles. The van der Waals surface area contributed by atoms with Gasteiger partial charge in [-0.25, -0.2) is 9.59 Å². The van der Waals surface area contributed by atoms with Crippen molar-refractivity contribution in [1.29, 1.82) is 0 Å². The standard InChI is InChI=1S/C54H96Br2O26/c1-59-3-5-61-7-9-63-11-13-65-15-17-67-19-21-69-23-25-71-27-29-73-31-33-75-35-37-77-39-41-79-43-45-81-53(57)49-47-52(56)50(48-51(49)55)54(58)82-46-44-80-42-40-78-38-36-76-34-32-74-30-28-72-26-24-70-22-20-68-18-16-66-14-12-64-10-8-62-6-4-60-2/h47-48H,3-46H2,1-2H3. The molecule has 0 aliphatic heterocycles. The maximum Gasteiger partial charge on any atom is 0.339 e. The van der Waals surface area contributed by atoms with Crippen LogP contribution < -0.4 is 0 Å². The predicted molar refractivity (Wildman–Crippen MR) is 303 cm³/mol. The molecule has 0 aliphatic carbocycles. The molecule has 0 aromatic heterocycles. The van der Waals surface area contributed by atoms with Gasteiger partial charge >= 0.3 is 11.9 Å². The summed E-state index contributed by atoms with van der Waals surface area (Å²) in [5.74, 6) is -1.17. The highest BCUT2D eigenvalue weighted by molar-refractivity contribution is 9.11. The highest BCUT2D eigenvalue weighted by Crippen LogP contribution is 2.27. The van der Waals surface area contributed by atoms with E-state index < -0.39 is 11.9 Å². The summed E-state index contributed by atoms with van der Waals surface area (Å²) < 4.78 is 131. The Kier molecular flexibility index (Phi) is 62.2. The van der Waals surface area contributed by atoms with Gasteiger partial charge < -0.3 is 114 Å². The van der Waals surface area contributed by atoms with Crippen LogP contribution >= 0.6 is 31.9 Å². The van der Waals surface area contributed by atoms with Crippen LogP contribution in [0.3, 0.4) is 0 Å². The second-order valence-corrected chi connectivity index (χ2v) is 18.0. The van der Waals surface area contributed by atoms with Gasteiger partial charge in [0, 0.05) is 23.2 Å². The molecule has 0 heterocycles. The topological polar surface area (TPSA) is 256 Å². The van der Waals surface area contributed by atoms with Crippen LogP contribution in [0, 0.1) is 0 Å².